The molecule has 116 valence electrons. The van der Waals surface area contributed by atoms with E-state index in [1.165, 1.54) is 0 Å². The number of carbonyl (C=O) groups is 1. The Hall–Kier alpha value is -1.55. The van der Waals surface area contributed by atoms with E-state index in [4.69, 9.17) is 4.74 Å². The van der Waals surface area contributed by atoms with Gasteiger partial charge >= 0.3 is 0 Å². The number of aryl methyl sites for hydroxylation is 1. The van der Waals surface area contributed by atoms with Crippen molar-refractivity contribution in [3.05, 3.63) is 29.8 Å². The van der Waals surface area contributed by atoms with Crippen LogP contribution in [0.5, 0.6) is 5.75 Å². The fourth-order valence-corrected chi connectivity index (χ4v) is 2.94. The van der Waals surface area contributed by atoms with E-state index in [2.05, 4.69) is 5.32 Å². The summed E-state index contributed by atoms with van der Waals surface area (Å²) in [5.74, 6) is 1.34. The minimum atomic E-state index is -0.513. The average molecular weight is 291 g/mol. The van der Waals surface area contributed by atoms with Gasteiger partial charge in [-0.2, -0.15) is 0 Å². The number of ether oxygens (including phenoxy) is 1. The van der Waals surface area contributed by atoms with Crippen molar-refractivity contribution in [3.8, 4) is 5.75 Å². The van der Waals surface area contributed by atoms with E-state index in [1.807, 2.05) is 31.2 Å². The fraction of sp³-hybridized carbons (Fsp3) is 0.588. The maximum Gasteiger partial charge on any atom is 0.260 e. The summed E-state index contributed by atoms with van der Waals surface area (Å²) in [6.45, 7) is 4.60. The number of benzene rings is 1. The van der Waals surface area contributed by atoms with Crippen LogP contribution in [0, 0.1) is 18.8 Å². The minimum Gasteiger partial charge on any atom is -0.481 e. The van der Waals surface area contributed by atoms with Gasteiger partial charge in [-0.3, -0.25) is 4.79 Å². The molecule has 1 aliphatic rings. The normalized spacial score (nSPS) is 22.8. The summed E-state index contributed by atoms with van der Waals surface area (Å²) in [4.78, 5) is 12.1. The molecule has 1 aromatic rings. The lowest BCUT2D eigenvalue weighted by atomic mass is 9.97. The first-order valence-corrected chi connectivity index (χ1v) is 7.72. The molecule has 3 unspecified atom stereocenters. The Bertz CT molecular complexity index is 475. The summed E-state index contributed by atoms with van der Waals surface area (Å²) in [7, 11) is 0. The second-order valence-corrected chi connectivity index (χ2v) is 5.96. The summed E-state index contributed by atoms with van der Waals surface area (Å²) in [6.07, 6.45) is 2.77. The standard InChI is InChI=1S/C17H25NO3/c1-12-5-3-8-16(9-12)21-13(2)17(20)18-10-14-6-4-7-15(14)11-19/h3,5,8-9,13-15,19H,4,6-7,10-11H2,1-2H3,(H,18,20). The number of aliphatic hydroxyl groups excluding tert-OH is 1. The maximum absolute atomic E-state index is 12.1. The molecule has 4 nitrogen and oxygen atoms in total. The monoisotopic (exact) mass is 291 g/mol. The van der Waals surface area contributed by atoms with Gasteiger partial charge in [0.15, 0.2) is 6.10 Å². The van der Waals surface area contributed by atoms with Gasteiger partial charge < -0.3 is 15.2 Å². The van der Waals surface area contributed by atoms with Crippen molar-refractivity contribution in [3.63, 3.8) is 0 Å². The van der Waals surface area contributed by atoms with Crippen molar-refractivity contribution in [2.24, 2.45) is 11.8 Å². The molecule has 0 bridgehead atoms. The molecule has 2 rings (SSSR count). The average Bonchev–Trinajstić information content (AvgIpc) is 2.92. The molecular weight excluding hydrogens is 266 g/mol. The van der Waals surface area contributed by atoms with Gasteiger partial charge in [-0.05, 0) is 56.2 Å². The summed E-state index contributed by atoms with van der Waals surface area (Å²) in [5, 5.41) is 12.2. The van der Waals surface area contributed by atoms with E-state index >= 15 is 0 Å². The molecule has 2 N–H and O–H groups in total. The quantitative estimate of drug-likeness (QED) is 0.845. The number of rotatable bonds is 6. The Morgan fingerprint density at radius 3 is 2.90 bits per heavy atom. The number of hydrogen-bond donors (Lipinski definition) is 2. The Balaban J connectivity index is 1.80. The zero-order valence-corrected chi connectivity index (χ0v) is 12.8. The highest BCUT2D eigenvalue weighted by Gasteiger charge is 2.27. The highest BCUT2D eigenvalue weighted by atomic mass is 16.5. The predicted molar refractivity (Wildman–Crippen MR) is 82.2 cm³/mol. The fourth-order valence-electron chi connectivity index (χ4n) is 2.94. The van der Waals surface area contributed by atoms with Gasteiger partial charge in [0.25, 0.3) is 5.91 Å². The molecule has 1 fully saturated rings. The third kappa shape index (κ3) is 4.46. The van der Waals surface area contributed by atoms with Gasteiger partial charge in [0.1, 0.15) is 5.75 Å². The van der Waals surface area contributed by atoms with Crippen molar-refractivity contribution in [1.82, 2.24) is 5.32 Å². The van der Waals surface area contributed by atoms with Crippen LogP contribution in [-0.2, 0) is 4.79 Å². The van der Waals surface area contributed by atoms with Gasteiger partial charge in [-0.25, -0.2) is 0 Å². The molecule has 3 atom stereocenters. The Morgan fingerprint density at radius 1 is 1.43 bits per heavy atom. The lowest BCUT2D eigenvalue weighted by Crippen LogP contribution is -2.39. The van der Waals surface area contributed by atoms with E-state index in [0.717, 1.165) is 24.8 Å². The Kier molecular flexibility index (Phi) is 5.62. The van der Waals surface area contributed by atoms with Crippen LogP contribution in [0.25, 0.3) is 0 Å². The molecule has 1 aliphatic carbocycles. The lowest BCUT2D eigenvalue weighted by molar-refractivity contribution is -0.127. The van der Waals surface area contributed by atoms with Crippen LogP contribution in [0.15, 0.2) is 24.3 Å². The highest BCUT2D eigenvalue weighted by Crippen LogP contribution is 2.30. The van der Waals surface area contributed by atoms with Crippen LogP contribution in [0.3, 0.4) is 0 Å². The minimum absolute atomic E-state index is 0.0971. The summed E-state index contributed by atoms with van der Waals surface area (Å²) in [5.41, 5.74) is 1.11. The smallest absolute Gasteiger partial charge is 0.260 e. The molecule has 0 spiro atoms. The second-order valence-electron chi connectivity index (χ2n) is 5.96. The van der Waals surface area contributed by atoms with E-state index in [9.17, 15) is 9.90 Å². The maximum atomic E-state index is 12.1. The molecule has 1 saturated carbocycles. The van der Waals surface area contributed by atoms with Crippen molar-refractivity contribution in [1.29, 1.82) is 0 Å². The van der Waals surface area contributed by atoms with Gasteiger partial charge in [0, 0.05) is 13.2 Å². The number of aliphatic hydroxyl groups is 1. The molecule has 1 amide bonds. The first-order chi connectivity index (χ1) is 10.1. The van der Waals surface area contributed by atoms with Crippen molar-refractivity contribution in [2.75, 3.05) is 13.2 Å². The van der Waals surface area contributed by atoms with Crippen LogP contribution < -0.4 is 10.1 Å². The molecule has 4 heteroatoms. The summed E-state index contributed by atoms with van der Waals surface area (Å²) < 4.78 is 5.66. The zero-order chi connectivity index (χ0) is 15.2. The van der Waals surface area contributed by atoms with E-state index in [0.29, 0.717) is 24.1 Å². The van der Waals surface area contributed by atoms with Gasteiger partial charge in [0.05, 0.1) is 0 Å². The SMILES string of the molecule is Cc1cccc(OC(C)C(=O)NCC2CCCC2CO)c1. The molecule has 0 aromatic heterocycles. The number of amides is 1. The molecule has 1 aromatic carbocycles. The topological polar surface area (TPSA) is 58.6 Å². The van der Waals surface area contributed by atoms with Crippen molar-refractivity contribution in [2.45, 2.75) is 39.2 Å². The second kappa shape index (κ2) is 7.46. The number of nitrogens with one attached hydrogen (secondary N) is 1. The molecule has 21 heavy (non-hydrogen) atoms. The number of hydrogen-bond acceptors (Lipinski definition) is 3. The van der Waals surface area contributed by atoms with E-state index in [-0.39, 0.29) is 12.5 Å². The predicted octanol–water partition coefficient (Wildman–Crippen LogP) is 2.29. The van der Waals surface area contributed by atoms with E-state index in [1.54, 1.807) is 6.92 Å². The zero-order valence-electron chi connectivity index (χ0n) is 12.8. The van der Waals surface area contributed by atoms with Crippen LogP contribution in [0.1, 0.15) is 31.7 Å². The summed E-state index contributed by atoms with van der Waals surface area (Å²) in [6, 6.07) is 7.68. The first kappa shape index (κ1) is 15.8. The molecule has 0 heterocycles. The molecule has 0 aliphatic heterocycles. The number of carbonyl (C=O) groups excluding carboxylic acids is 1. The molecule has 0 saturated heterocycles. The van der Waals surface area contributed by atoms with Gasteiger partial charge in [-0.1, -0.05) is 18.6 Å². The third-order valence-electron chi connectivity index (χ3n) is 4.26. The largest absolute Gasteiger partial charge is 0.481 e. The van der Waals surface area contributed by atoms with Crippen LogP contribution in [-0.4, -0.2) is 30.3 Å². The Morgan fingerprint density at radius 2 is 2.19 bits per heavy atom. The lowest BCUT2D eigenvalue weighted by Gasteiger charge is -2.20. The molecule has 0 radical (unpaired) electrons. The van der Waals surface area contributed by atoms with E-state index < -0.39 is 6.10 Å². The van der Waals surface area contributed by atoms with Crippen molar-refractivity contribution < 1.29 is 14.6 Å². The highest BCUT2D eigenvalue weighted by molar-refractivity contribution is 5.80. The van der Waals surface area contributed by atoms with Gasteiger partial charge in [0.2, 0.25) is 0 Å². The third-order valence-corrected chi connectivity index (χ3v) is 4.26. The summed E-state index contributed by atoms with van der Waals surface area (Å²) >= 11 is 0. The molecular formula is C17H25NO3. The van der Waals surface area contributed by atoms with Crippen molar-refractivity contribution >= 4 is 5.91 Å². The Labute approximate surface area is 126 Å². The van der Waals surface area contributed by atoms with Crippen LogP contribution in [0.2, 0.25) is 0 Å². The first-order valence-electron chi connectivity index (χ1n) is 7.72. The van der Waals surface area contributed by atoms with Gasteiger partial charge in [-0.15, -0.1) is 0 Å². The van der Waals surface area contributed by atoms with Crippen LogP contribution in [0.4, 0.5) is 0 Å². The van der Waals surface area contributed by atoms with Crippen LogP contribution >= 0.6 is 0 Å².